The normalized spacial score (nSPS) is 20.3. The topological polar surface area (TPSA) is 85.0 Å². The largest absolute Gasteiger partial charge is 0.440 e. The van der Waals surface area contributed by atoms with Gasteiger partial charge >= 0.3 is 0 Å². The second-order valence-electron chi connectivity index (χ2n) is 8.26. The number of benzene rings is 1. The summed E-state index contributed by atoms with van der Waals surface area (Å²) in [6.07, 6.45) is 3.82. The predicted octanol–water partition coefficient (Wildman–Crippen LogP) is 2.80. The van der Waals surface area contributed by atoms with Crippen LogP contribution in [0.25, 0.3) is 11.1 Å². The van der Waals surface area contributed by atoms with Crippen molar-refractivity contribution in [2.24, 2.45) is 13.0 Å². The predicted molar refractivity (Wildman–Crippen MR) is 104 cm³/mol. The Morgan fingerprint density at radius 2 is 2.15 bits per heavy atom. The quantitative estimate of drug-likeness (QED) is 0.744. The lowest BCUT2D eigenvalue weighted by Crippen LogP contribution is -2.28. The minimum Gasteiger partial charge on any atom is -0.440 e. The number of anilines is 1. The molecule has 7 nitrogen and oxygen atoms in total. The highest BCUT2D eigenvalue weighted by Crippen LogP contribution is 2.30. The van der Waals surface area contributed by atoms with Gasteiger partial charge in [0.1, 0.15) is 5.52 Å². The van der Waals surface area contributed by atoms with Crippen LogP contribution in [0, 0.1) is 5.92 Å². The molecule has 2 atom stereocenters. The minimum absolute atomic E-state index is 0.00717. The van der Waals surface area contributed by atoms with Gasteiger partial charge in [0, 0.05) is 43.4 Å². The summed E-state index contributed by atoms with van der Waals surface area (Å²) in [5.41, 5.74) is 3.15. The first kappa shape index (κ1) is 17.7. The standard InChI is InChI=1S/C20H25N5O2/c1-20(2,3)19-24-16-7-13(5-6-17(16)27-19)23-18(26)15-10-21-9-14(15)12-8-22-25(4)11-12/h5-8,11,14-15,21H,9-10H2,1-4H3,(H,23,26)/t14-,15+/m1/s1. The number of hydrogen-bond donors (Lipinski definition) is 2. The number of aryl methyl sites for hydroxylation is 1. The van der Waals surface area contributed by atoms with Crippen LogP contribution in [-0.4, -0.2) is 33.8 Å². The molecule has 2 N–H and O–H groups in total. The molecule has 0 spiro atoms. The Kier molecular flexibility index (Phi) is 4.26. The molecule has 0 saturated carbocycles. The van der Waals surface area contributed by atoms with Gasteiger partial charge in [-0.3, -0.25) is 9.48 Å². The summed E-state index contributed by atoms with van der Waals surface area (Å²) < 4.78 is 7.60. The Labute approximate surface area is 158 Å². The van der Waals surface area contributed by atoms with Gasteiger partial charge in [-0.05, 0) is 23.8 Å². The van der Waals surface area contributed by atoms with Crippen LogP contribution in [0.1, 0.15) is 38.1 Å². The van der Waals surface area contributed by atoms with Crippen LogP contribution in [0.4, 0.5) is 5.69 Å². The van der Waals surface area contributed by atoms with Gasteiger partial charge in [-0.15, -0.1) is 0 Å². The molecule has 142 valence electrons. The van der Waals surface area contributed by atoms with E-state index in [1.807, 2.05) is 37.6 Å². The molecular formula is C20H25N5O2. The number of amides is 1. The zero-order chi connectivity index (χ0) is 19.2. The lowest BCUT2D eigenvalue weighted by Gasteiger charge is -2.17. The fraction of sp³-hybridized carbons (Fsp3) is 0.450. The van der Waals surface area contributed by atoms with E-state index in [1.54, 1.807) is 4.68 Å². The summed E-state index contributed by atoms with van der Waals surface area (Å²) in [6, 6.07) is 5.59. The van der Waals surface area contributed by atoms with Crippen molar-refractivity contribution in [2.75, 3.05) is 18.4 Å². The summed E-state index contributed by atoms with van der Waals surface area (Å²) in [5, 5.41) is 10.6. The fourth-order valence-corrected chi connectivity index (χ4v) is 3.50. The maximum atomic E-state index is 12.9. The highest BCUT2D eigenvalue weighted by molar-refractivity contribution is 5.95. The molecule has 1 aliphatic heterocycles. The average molecular weight is 367 g/mol. The molecule has 3 heterocycles. The van der Waals surface area contributed by atoms with Gasteiger partial charge in [0.2, 0.25) is 11.8 Å². The minimum atomic E-state index is -0.158. The zero-order valence-electron chi connectivity index (χ0n) is 16.1. The van der Waals surface area contributed by atoms with Crippen molar-refractivity contribution in [3.05, 3.63) is 42.0 Å². The molecule has 0 unspecified atom stereocenters. The molecule has 0 bridgehead atoms. The van der Waals surface area contributed by atoms with E-state index in [2.05, 4.69) is 41.5 Å². The van der Waals surface area contributed by atoms with E-state index in [0.717, 1.165) is 28.9 Å². The molecule has 7 heteroatoms. The third kappa shape index (κ3) is 3.47. The van der Waals surface area contributed by atoms with Gasteiger partial charge in [-0.2, -0.15) is 5.10 Å². The molecule has 2 aromatic heterocycles. The van der Waals surface area contributed by atoms with E-state index < -0.39 is 0 Å². The van der Waals surface area contributed by atoms with Gasteiger partial charge in [-0.25, -0.2) is 4.98 Å². The molecule has 1 saturated heterocycles. The van der Waals surface area contributed by atoms with Crippen LogP contribution in [0.3, 0.4) is 0 Å². The Balaban J connectivity index is 1.53. The molecule has 4 rings (SSSR count). The molecule has 1 aliphatic rings. The molecule has 1 aromatic carbocycles. The molecule has 1 fully saturated rings. The maximum Gasteiger partial charge on any atom is 0.229 e. The Hall–Kier alpha value is -2.67. The Morgan fingerprint density at radius 3 is 2.85 bits per heavy atom. The molecule has 0 aliphatic carbocycles. The van der Waals surface area contributed by atoms with Crippen molar-refractivity contribution in [1.82, 2.24) is 20.1 Å². The van der Waals surface area contributed by atoms with Crippen LogP contribution < -0.4 is 10.6 Å². The third-order valence-electron chi connectivity index (χ3n) is 5.00. The van der Waals surface area contributed by atoms with Crippen molar-refractivity contribution in [3.63, 3.8) is 0 Å². The number of oxazole rings is 1. The maximum absolute atomic E-state index is 12.9. The third-order valence-corrected chi connectivity index (χ3v) is 5.00. The van der Waals surface area contributed by atoms with Gasteiger partial charge in [-0.1, -0.05) is 20.8 Å². The van der Waals surface area contributed by atoms with Gasteiger partial charge in [0.25, 0.3) is 0 Å². The Morgan fingerprint density at radius 1 is 1.33 bits per heavy atom. The molecule has 1 amide bonds. The molecule has 27 heavy (non-hydrogen) atoms. The van der Waals surface area contributed by atoms with Crippen molar-refractivity contribution < 1.29 is 9.21 Å². The van der Waals surface area contributed by atoms with Gasteiger partial charge < -0.3 is 15.1 Å². The van der Waals surface area contributed by atoms with E-state index in [1.165, 1.54) is 0 Å². The summed E-state index contributed by atoms with van der Waals surface area (Å²) in [6.45, 7) is 7.62. The molecule has 3 aromatic rings. The number of nitrogens with zero attached hydrogens (tertiary/aromatic N) is 3. The van der Waals surface area contributed by atoms with Crippen LogP contribution >= 0.6 is 0 Å². The summed E-state index contributed by atoms with van der Waals surface area (Å²) in [4.78, 5) is 17.5. The average Bonchev–Trinajstić information content (AvgIpc) is 3.31. The number of rotatable bonds is 3. The summed E-state index contributed by atoms with van der Waals surface area (Å²) >= 11 is 0. The number of fused-ring (bicyclic) bond motifs is 1. The van der Waals surface area contributed by atoms with Crippen molar-refractivity contribution in [1.29, 1.82) is 0 Å². The van der Waals surface area contributed by atoms with E-state index in [4.69, 9.17) is 4.42 Å². The lowest BCUT2D eigenvalue weighted by molar-refractivity contribution is -0.119. The van der Waals surface area contributed by atoms with Crippen LogP contribution in [0.15, 0.2) is 35.0 Å². The SMILES string of the molecule is Cn1cc([C@H]2CNC[C@@H]2C(=O)Nc2ccc3oc(C(C)(C)C)nc3c2)cn1. The Bertz CT molecular complexity index is 982. The van der Waals surface area contributed by atoms with E-state index >= 15 is 0 Å². The first-order valence-corrected chi connectivity index (χ1v) is 9.22. The van der Waals surface area contributed by atoms with Gasteiger partial charge in [0.05, 0.1) is 12.1 Å². The number of hydrogen-bond acceptors (Lipinski definition) is 5. The summed E-state index contributed by atoms with van der Waals surface area (Å²) in [5.74, 6) is 0.694. The van der Waals surface area contributed by atoms with Crippen LogP contribution in [-0.2, 0) is 17.3 Å². The first-order chi connectivity index (χ1) is 12.8. The first-order valence-electron chi connectivity index (χ1n) is 9.22. The second-order valence-corrected chi connectivity index (χ2v) is 8.26. The van der Waals surface area contributed by atoms with E-state index in [9.17, 15) is 4.79 Å². The zero-order valence-corrected chi connectivity index (χ0v) is 16.1. The fourth-order valence-electron chi connectivity index (χ4n) is 3.50. The highest BCUT2D eigenvalue weighted by atomic mass is 16.3. The van der Waals surface area contributed by atoms with E-state index in [0.29, 0.717) is 12.4 Å². The van der Waals surface area contributed by atoms with Crippen molar-refractivity contribution in [2.45, 2.75) is 32.1 Å². The second kappa shape index (κ2) is 6.49. The van der Waals surface area contributed by atoms with Crippen molar-refractivity contribution >= 4 is 22.7 Å². The van der Waals surface area contributed by atoms with Gasteiger partial charge in [0.15, 0.2) is 5.58 Å². The summed E-state index contributed by atoms with van der Waals surface area (Å²) in [7, 11) is 1.89. The molecule has 0 radical (unpaired) electrons. The number of carbonyl (C=O) groups is 1. The van der Waals surface area contributed by atoms with Crippen LogP contribution in [0.5, 0.6) is 0 Å². The monoisotopic (exact) mass is 367 g/mol. The number of nitrogens with one attached hydrogen (secondary N) is 2. The van der Waals surface area contributed by atoms with Crippen molar-refractivity contribution in [3.8, 4) is 0 Å². The number of carbonyl (C=O) groups excluding carboxylic acids is 1. The lowest BCUT2D eigenvalue weighted by atomic mass is 9.90. The smallest absolute Gasteiger partial charge is 0.229 e. The van der Waals surface area contributed by atoms with E-state index in [-0.39, 0.29) is 23.2 Å². The van der Waals surface area contributed by atoms with Crippen LogP contribution in [0.2, 0.25) is 0 Å². The number of aromatic nitrogens is 3. The molecular weight excluding hydrogens is 342 g/mol. The highest BCUT2D eigenvalue weighted by Gasteiger charge is 2.34.